The van der Waals surface area contributed by atoms with Gasteiger partial charge >= 0.3 is 0 Å². The third kappa shape index (κ3) is 1.18. The van der Waals surface area contributed by atoms with Crippen molar-refractivity contribution in [1.82, 2.24) is 10.2 Å². The molecule has 0 radical (unpaired) electrons. The van der Waals surface area contributed by atoms with Crippen LogP contribution in [0.2, 0.25) is 0 Å². The molecule has 2 unspecified atom stereocenters. The SMILES string of the molecule is C1CN(C23CC4CC(C2)C(C4)C3)CCN1. The van der Waals surface area contributed by atoms with Crippen molar-refractivity contribution in [3.8, 4) is 0 Å². The largest absolute Gasteiger partial charge is 0.314 e. The Bertz CT molecular complexity index is 250. The van der Waals surface area contributed by atoms with Gasteiger partial charge in [0.15, 0.2) is 0 Å². The zero-order valence-corrected chi connectivity index (χ0v) is 9.54. The second-order valence-electron chi connectivity index (χ2n) is 6.43. The topological polar surface area (TPSA) is 15.3 Å². The average Bonchev–Trinajstić information content (AvgIpc) is 2.69. The van der Waals surface area contributed by atoms with Crippen LogP contribution in [0.1, 0.15) is 32.1 Å². The van der Waals surface area contributed by atoms with Gasteiger partial charge in [-0.3, -0.25) is 4.90 Å². The average molecular weight is 206 g/mol. The second-order valence-corrected chi connectivity index (χ2v) is 6.43. The predicted octanol–water partition coefficient (Wildman–Crippen LogP) is 1.47. The lowest BCUT2D eigenvalue weighted by Gasteiger charge is -2.48. The van der Waals surface area contributed by atoms with Gasteiger partial charge < -0.3 is 5.32 Å². The van der Waals surface area contributed by atoms with Gasteiger partial charge in [0.25, 0.3) is 0 Å². The molecule has 0 aromatic carbocycles. The van der Waals surface area contributed by atoms with Crippen LogP contribution < -0.4 is 5.32 Å². The van der Waals surface area contributed by atoms with Crippen molar-refractivity contribution in [1.29, 1.82) is 0 Å². The highest BCUT2D eigenvalue weighted by atomic mass is 15.3. The van der Waals surface area contributed by atoms with Crippen LogP contribution in [0.4, 0.5) is 0 Å². The standard InChI is InChI=1S/C13H22N2/c1-3-15(4-2-14-1)13-7-10-5-11(8-13)12(6-10)9-13/h10-12,14H,1-9H2. The summed E-state index contributed by atoms with van der Waals surface area (Å²) in [6.07, 6.45) is 7.80. The summed E-state index contributed by atoms with van der Waals surface area (Å²) in [4.78, 5) is 2.85. The van der Waals surface area contributed by atoms with Crippen molar-refractivity contribution >= 4 is 0 Å². The fraction of sp³-hybridized carbons (Fsp3) is 1.00. The summed E-state index contributed by atoms with van der Waals surface area (Å²) >= 11 is 0. The quantitative estimate of drug-likeness (QED) is 0.699. The van der Waals surface area contributed by atoms with E-state index in [4.69, 9.17) is 0 Å². The summed E-state index contributed by atoms with van der Waals surface area (Å²) < 4.78 is 0. The molecular formula is C13H22N2. The highest BCUT2D eigenvalue weighted by molar-refractivity contribution is 5.11. The Morgan fingerprint density at radius 3 is 2.20 bits per heavy atom. The molecule has 1 heterocycles. The summed E-state index contributed by atoms with van der Waals surface area (Å²) in [5, 5.41) is 3.49. The lowest BCUT2D eigenvalue weighted by atomic mass is 9.74. The molecule has 4 bridgehead atoms. The molecule has 2 heteroatoms. The van der Waals surface area contributed by atoms with Crippen LogP contribution in [-0.2, 0) is 0 Å². The molecule has 2 nitrogen and oxygen atoms in total. The normalized spacial score (nSPS) is 54.0. The van der Waals surface area contributed by atoms with Crippen molar-refractivity contribution in [2.24, 2.45) is 17.8 Å². The predicted molar refractivity (Wildman–Crippen MR) is 60.7 cm³/mol. The van der Waals surface area contributed by atoms with Crippen LogP contribution >= 0.6 is 0 Å². The molecule has 5 aliphatic rings. The van der Waals surface area contributed by atoms with E-state index in [1.165, 1.54) is 26.2 Å². The van der Waals surface area contributed by atoms with Crippen LogP contribution in [0, 0.1) is 17.8 Å². The Labute approximate surface area is 92.4 Å². The van der Waals surface area contributed by atoms with Gasteiger partial charge in [-0.15, -0.1) is 0 Å². The molecule has 15 heavy (non-hydrogen) atoms. The van der Waals surface area contributed by atoms with E-state index in [9.17, 15) is 0 Å². The number of nitrogens with one attached hydrogen (secondary N) is 1. The zero-order chi connectivity index (χ0) is 9.88. The lowest BCUT2D eigenvalue weighted by molar-refractivity contribution is 0.0241. The first-order chi connectivity index (χ1) is 7.36. The fourth-order valence-electron chi connectivity index (χ4n) is 5.29. The molecule has 5 rings (SSSR count). The van der Waals surface area contributed by atoms with Crippen LogP contribution in [0.25, 0.3) is 0 Å². The van der Waals surface area contributed by atoms with Crippen molar-refractivity contribution in [2.45, 2.75) is 37.6 Å². The molecule has 5 fully saturated rings. The molecule has 4 aliphatic carbocycles. The van der Waals surface area contributed by atoms with Crippen LogP contribution in [0.5, 0.6) is 0 Å². The Morgan fingerprint density at radius 2 is 1.60 bits per heavy atom. The lowest BCUT2D eigenvalue weighted by Crippen LogP contribution is -2.57. The van der Waals surface area contributed by atoms with Crippen LogP contribution in [-0.4, -0.2) is 36.6 Å². The number of hydrogen-bond acceptors (Lipinski definition) is 2. The minimum Gasteiger partial charge on any atom is -0.314 e. The Morgan fingerprint density at radius 1 is 0.933 bits per heavy atom. The van der Waals surface area contributed by atoms with Gasteiger partial charge in [-0.2, -0.15) is 0 Å². The number of rotatable bonds is 1. The molecule has 1 N–H and O–H groups in total. The number of hydrogen-bond donors (Lipinski definition) is 1. The van der Waals surface area contributed by atoms with Crippen LogP contribution in [0.3, 0.4) is 0 Å². The second kappa shape index (κ2) is 2.98. The van der Waals surface area contributed by atoms with Gasteiger partial charge in [-0.1, -0.05) is 0 Å². The summed E-state index contributed by atoms with van der Waals surface area (Å²) in [7, 11) is 0. The molecule has 84 valence electrons. The van der Waals surface area contributed by atoms with E-state index >= 15 is 0 Å². The summed E-state index contributed by atoms with van der Waals surface area (Å²) in [5.41, 5.74) is 0.679. The van der Waals surface area contributed by atoms with E-state index in [0.717, 1.165) is 17.8 Å². The van der Waals surface area contributed by atoms with Gasteiger partial charge in [0.05, 0.1) is 0 Å². The number of piperazine rings is 1. The monoisotopic (exact) mass is 206 g/mol. The Hall–Kier alpha value is -0.0800. The first kappa shape index (κ1) is 9.00. The third-order valence-electron chi connectivity index (χ3n) is 5.68. The van der Waals surface area contributed by atoms with E-state index in [-0.39, 0.29) is 0 Å². The molecule has 4 saturated carbocycles. The minimum absolute atomic E-state index is 0.679. The van der Waals surface area contributed by atoms with Gasteiger partial charge in [0.2, 0.25) is 0 Å². The van der Waals surface area contributed by atoms with E-state index in [1.807, 2.05) is 0 Å². The van der Waals surface area contributed by atoms with Gasteiger partial charge in [-0.25, -0.2) is 0 Å². The maximum atomic E-state index is 3.49. The maximum absolute atomic E-state index is 3.49. The van der Waals surface area contributed by atoms with E-state index in [1.54, 1.807) is 32.1 Å². The molecule has 2 atom stereocenters. The fourth-order valence-corrected chi connectivity index (χ4v) is 5.29. The van der Waals surface area contributed by atoms with Crippen molar-refractivity contribution in [2.75, 3.05) is 26.2 Å². The van der Waals surface area contributed by atoms with E-state index in [0.29, 0.717) is 5.54 Å². The first-order valence-electron chi connectivity index (χ1n) is 6.81. The zero-order valence-electron chi connectivity index (χ0n) is 9.54. The summed E-state index contributed by atoms with van der Waals surface area (Å²) in [6.45, 7) is 5.07. The molecule has 1 aliphatic heterocycles. The molecule has 0 spiro atoms. The maximum Gasteiger partial charge on any atom is 0.0218 e. The minimum atomic E-state index is 0.679. The summed E-state index contributed by atoms with van der Waals surface area (Å²) in [6, 6.07) is 0. The smallest absolute Gasteiger partial charge is 0.0218 e. The molecule has 1 saturated heterocycles. The van der Waals surface area contributed by atoms with E-state index in [2.05, 4.69) is 10.2 Å². The Balaban J connectivity index is 1.60. The molecule has 0 aromatic rings. The summed E-state index contributed by atoms with van der Waals surface area (Å²) in [5.74, 6) is 3.36. The highest BCUT2D eigenvalue weighted by Crippen LogP contribution is 2.61. The number of nitrogens with zero attached hydrogens (tertiary/aromatic N) is 1. The molecule has 0 amide bonds. The Kier molecular flexibility index (Phi) is 1.79. The van der Waals surface area contributed by atoms with Crippen molar-refractivity contribution < 1.29 is 0 Å². The molecule has 0 aromatic heterocycles. The van der Waals surface area contributed by atoms with Crippen molar-refractivity contribution in [3.05, 3.63) is 0 Å². The molecular weight excluding hydrogens is 184 g/mol. The van der Waals surface area contributed by atoms with Gasteiger partial charge in [0, 0.05) is 31.7 Å². The van der Waals surface area contributed by atoms with E-state index < -0.39 is 0 Å². The highest BCUT2D eigenvalue weighted by Gasteiger charge is 2.57. The van der Waals surface area contributed by atoms with Gasteiger partial charge in [-0.05, 0) is 49.9 Å². The third-order valence-corrected chi connectivity index (χ3v) is 5.68. The van der Waals surface area contributed by atoms with Crippen LogP contribution in [0.15, 0.2) is 0 Å². The first-order valence-corrected chi connectivity index (χ1v) is 6.81. The van der Waals surface area contributed by atoms with Crippen molar-refractivity contribution in [3.63, 3.8) is 0 Å². The van der Waals surface area contributed by atoms with Gasteiger partial charge in [0.1, 0.15) is 0 Å².